The lowest BCUT2D eigenvalue weighted by atomic mass is 10.1. The van der Waals surface area contributed by atoms with Crippen molar-refractivity contribution in [1.29, 1.82) is 0 Å². The first-order valence-electron chi connectivity index (χ1n) is 5.15. The van der Waals surface area contributed by atoms with Crippen molar-refractivity contribution in [2.75, 3.05) is 0 Å². The van der Waals surface area contributed by atoms with Gasteiger partial charge in [-0.05, 0) is 43.2 Å². The molecular weight excluding hydrogens is 295 g/mol. The number of aryl methyl sites for hydroxylation is 2. The number of thiophene rings is 1. The SMILES string of the molecule is Cc1cc(C(Cl)c2ccc(Cl)c(Cl)c2)c(C)s1. The summed E-state index contributed by atoms with van der Waals surface area (Å²) in [4.78, 5) is 2.51. The van der Waals surface area contributed by atoms with Gasteiger partial charge in [-0.2, -0.15) is 0 Å². The second kappa shape index (κ2) is 5.19. The summed E-state index contributed by atoms with van der Waals surface area (Å²) in [6, 6.07) is 7.65. The molecule has 0 aliphatic rings. The van der Waals surface area contributed by atoms with Gasteiger partial charge in [0.1, 0.15) is 0 Å². The van der Waals surface area contributed by atoms with E-state index in [1.807, 2.05) is 12.1 Å². The molecule has 1 atom stereocenters. The van der Waals surface area contributed by atoms with Crippen molar-refractivity contribution in [2.45, 2.75) is 19.2 Å². The zero-order valence-corrected chi connectivity index (χ0v) is 12.5. The summed E-state index contributed by atoms with van der Waals surface area (Å²) in [5.41, 5.74) is 2.12. The Morgan fingerprint density at radius 2 is 1.76 bits per heavy atom. The third-order valence-electron chi connectivity index (χ3n) is 2.59. The van der Waals surface area contributed by atoms with Crippen LogP contribution in [0.25, 0.3) is 0 Å². The molecule has 0 saturated carbocycles. The van der Waals surface area contributed by atoms with Crippen LogP contribution in [0, 0.1) is 13.8 Å². The van der Waals surface area contributed by atoms with Crippen LogP contribution in [0.5, 0.6) is 0 Å². The molecule has 0 fully saturated rings. The highest BCUT2D eigenvalue weighted by molar-refractivity contribution is 7.12. The third kappa shape index (κ3) is 2.79. The van der Waals surface area contributed by atoms with Gasteiger partial charge < -0.3 is 0 Å². The summed E-state index contributed by atoms with van der Waals surface area (Å²) in [7, 11) is 0. The molecule has 0 radical (unpaired) electrons. The summed E-state index contributed by atoms with van der Waals surface area (Å²) in [5, 5.41) is 0.923. The lowest BCUT2D eigenvalue weighted by Gasteiger charge is -2.10. The molecule has 0 aliphatic carbocycles. The molecule has 2 aromatic rings. The van der Waals surface area contributed by atoms with Gasteiger partial charge in [-0.25, -0.2) is 0 Å². The van der Waals surface area contributed by atoms with E-state index in [4.69, 9.17) is 34.8 Å². The number of alkyl halides is 1. The zero-order chi connectivity index (χ0) is 12.6. The van der Waals surface area contributed by atoms with E-state index in [0.717, 1.165) is 11.1 Å². The Balaban J connectivity index is 2.40. The number of hydrogen-bond donors (Lipinski definition) is 0. The van der Waals surface area contributed by atoms with E-state index >= 15 is 0 Å². The molecule has 0 N–H and O–H groups in total. The first kappa shape index (κ1) is 13.2. The van der Waals surface area contributed by atoms with Crippen LogP contribution in [0.1, 0.15) is 26.3 Å². The Morgan fingerprint density at radius 3 is 2.29 bits per heavy atom. The van der Waals surface area contributed by atoms with Crippen LogP contribution in [0.3, 0.4) is 0 Å². The van der Waals surface area contributed by atoms with Gasteiger partial charge in [0.05, 0.1) is 15.4 Å². The van der Waals surface area contributed by atoms with Crippen molar-refractivity contribution in [1.82, 2.24) is 0 Å². The average molecular weight is 306 g/mol. The van der Waals surface area contributed by atoms with E-state index in [2.05, 4.69) is 19.9 Å². The van der Waals surface area contributed by atoms with Gasteiger partial charge >= 0.3 is 0 Å². The van der Waals surface area contributed by atoms with Gasteiger partial charge in [0.25, 0.3) is 0 Å². The van der Waals surface area contributed by atoms with E-state index in [0.29, 0.717) is 10.0 Å². The number of halogens is 3. The summed E-state index contributed by atoms with van der Waals surface area (Å²) in [6.07, 6.45) is 0. The van der Waals surface area contributed by atoms with Gasteiger partial charge in [0.15, 0.2) is 0 Å². The zero-order valence-electron chi connectivity index (χ0n) is 9.43. The molecule has 0 saturated heterocycles. The molecule has 90 valence electrons. The van der Waals surface area contributed by atoms with Gasteiger partial charge in [0.2, 0.25) is 0 Å². The molecule has 0 spiro atoms. The highest BCUT2D eigenvalue weighted by Gasteiger charge is 2.16. The molecule has 1 heterocycles. The first-order valence-corrected chi connectivity index (χ1v) is 7.16. The fraction of sp³-hybridized carbons (Fsp3) is 0.231. The fourth-order valence-corrected chi connectivity index (χ4v) is 3.45. The first-order chi connectivity index (χ1) is 7.99. The normalized spacial score (nSPS) is 12.8. The molecule has 0 amide bonds. The smallest absolute Gasteiger partial charge is 0.0846 e. The van der Waals surface area contributed by atoms with E-state index < -0.39 is 0 Å². The standard InChI is InChI=1S/C13H11Cl3S/c1-7-5-10(8(2)17-7)13(16)9-3-4-11(14)12(15)6-9/h3-6,13H,1-2H3. The molecule has 4 heteroatoms. The van der Waals surface area contributed by atoms with Crippen LogP contribution in [0.4, 0.5) is 0 Å². The molecule has 1 unspecified atom stereocenters. The van der Waals surface area contributed by atoms with Crippen molar-refractivity contribution in [3.05, 3.63) is 55.2 Å². The van der Waals surface area contributed by atoms with Crippen LogP contribution >= 0.6 is 46.1 Å². The minimum atomic E-state index is -0.172. The predicted octanol–water partition coefficient (Wildman–Crippen LogP) is 6.00. The fourth-order valence-electron chi connectivity index (χ4n) is 1.75. The Kier molecular flexibility index (Phi) is 4.04. The topological polar surface area (TPSA) is 0 Å². The van der Waals surface area contributed by atoms with Gasteiger partial charge in [-0.15, -0.1) is 22.9 Å². The summed E-state index contributed by atoms with van der Waals surface area (Å²) < 4.78 is 0. The minimum absolute atomic E-state index is 0.172. The van der Waals surface area contributed by atoms with Crippen molar-refractivity contribution < 1.29 is 0 Å². The second-order valence-corrected chi connectivity index (χ2v) is 6.62. The monoisotopic (exact) mass is 304 g/mol. The molecule has 2 rings (SSSR count). The highest BCUT2D eigenvalue weighted by atomic mass is 35.5. The van der Waals surface area contributed by atoms with Crippen molar-refractivity contribution in [2.24, 2.45) is 0 Å². The van der Waals surface area contributed by atoms with Crippen molar-refractivity contribution in [3.8, 4) is 0 Å². The largest absolute Gasteiger partial charge is 0.146 e. The Hall–Kier alpha value is -0.210. The molecule has 1 aromatic heterocycles. The van der Waals surface area contributed by atoms with Crippen LogP contribution in [0.15, 0.2) is 24.3 Å². The number of rotatable bonds is 2. The predicted molar refractivity (Wildman–Crippen MR) is 78.0 cm³/mol. The maximum absolute atomic E-state index is 6.48. The Bertz CT molecular complexity index is 546. The maximum atomic E-state index is 6.48. The van der Waals surface area contributed by atoms with Gasteiger partial charge in [-0.1, -0.05) is 29.3 Å². The third-order valence-corrected chi connectivity index (χ3v) is 4.80. The van der Waals surface area contributed by atoms with E-state index in [9.17, 15) is 0 Å². The van der Waals surface area contributed by atoms with Crippen LogP contribution in [-0.2, 0) is 0 Å². The molecule has 0 nitrogen and oxygen atoms in total. The molecule has 0 bridgehead atoms. The Labute approximate surface area is 120 Å². The Morgan fingerprint density at radius 1 is 1.06 bits per heavy atom. The van der Waals surface area contributed by atoms with E-state index in [1.165, 1.54) is 9.75 Å². The van der Waals surface area contributed by atoms with Crippen LogP contribution < -0.4 is 0 Å². The van der Waals surface area contributed by atoms with E-state index in [1.54, 1.807) is 17.4 Å². The van der Waals surface area contributed by atoms with Crippen molar-refractivity contribution in [3.63, 3.8) is 0 Å². The quantitative estimate of drug-likeness (QED) is 0.597. The average Bonchev–Trinajstić information content (AvgIpc) is 2.61. The van der Waals surface area contributed by atoms with Crippen LogP contribution in [-0.4, -0.2) is 0 Å². The lowest BCUT2D eigenvalue weighted by molar-refractivity contribution is 1.13. The summed E-state index contributed by atoms with van der Waals surface area (Å²) in [5.74, 6) is 0. The molecule has 0 aliphatic heterocycles. The van der Waals surface area contributed by atoms with Crippen molar-refractivity contribution >= 4 is 46.1 Å². The highest BCUT2D eigenvalue weighted by Crippen LogP contribution is 2.37. The molecular formula is C13H11Cl3S. The van der Waals surface area contributed by atoms with Gasteiger partial charge in [-0.3, -0.25) is 0 Å². The minimum Gasteiger partial charge on any atom is -0.146 e. The molecule has 17 heavy (non-hydrogen) atoms. The maximum Gasteiger partial charge on any atom is 0.0846 e. The number of hydrogen-bond acceptors (Lipinski definition) is 1. The lowest BCUT2D eigenvalue weighted by Crippen LogP contribution is -1.93. The molecule has 1 aromatic carbocycles. The number of benzene rings is 1. The summed E-state index contributed by atoms with van der Waals surface area (Å²) in [6.45, 7) is 4.17. The van der Waals surface area contributed by atoms with Crippen LogP contribution in [0.2, 0.25) is 10.0 Å². The van der Waals surface area contributed by atoms with E-state index in [-0.39, 0.29) is 5.38 Å². The van der Waals surface area contributed by atoms with Gasteiger partial charge in [0, 0.05) is 9.75 Å². The summed E-state index contributed by atoms with van der Waals surface area (Å²) >= 11 is 20.1. The second-order valence-electron chi connectivity index (χ2n) is 3.90.